The van der Waals surface area contributed by atoms with Crippen molar-refractivity contribution in [3.63, 3.8) is 0 Å². The molecule has 184 valence electrons. The number of ether oxygens (including phenoxy) is 1. The van der Waals surface area contributed by atoms with Crippen LogP contribution >= 0.6 is 0 Å². The van der Waals surface area contributed by atoms with Gasteiger partial charge < -0.3 is 14.9 Å². The van der Waals surface area contributed by atoms with Crippen LogP contribution in [0.25, 0.3) is 0 Å². The van der Waals surface area contributed by atoms with Crippen LogP contribution in [0.1, 0.15) is 86.5 Å². The van der Waals surface area contributed by atoms with Crippen molar-refractivity contribution in [1.82, 2.24) is 0 Å². The number of fused-ring (bicyclic) bond motifs is 1. The Morgan fingerprint density at radius 3 is 2.45 bits per heavy atom. The molecule has 5 aliphatic rings. The van der Waals surface area contributed by atoms with Crippen LogP contribution in [0.5, 0.6) is 0 Å². The van der Waals surface area contributed by atoms with Gasteiger partial charge in [-0.1, -0.05) is 47.1 Å². The summed E-state index contributed by atoms with van der Waals surface area (Å²) in [5.41, 5.74) is 0.356. The van der Waals surface area contributed by atoms with Crippen molar-refractivity contribution in [2.75, 3.05) is 0 Å². The van der Waals surface area contributed by atoms with E-state index in [9.17, 15) is 19.8 Å². The predicted octanol–water partition coefficient (Wildman–Crippen LogP) is 4.24. The van der Waals surface area contributed by atoms with Crippen molar-refractivity contribution >= 4 is 11.6 Å². The van der Waals surface area contributed by atoms with E-state index in [1.54, 1.807) is 0 Å². The number of carbonyl (C=O) groups is 2. The van der Waals surface area contributed by atoms with Gasteiger partial charge in [-0.15, -0.1) is 0 Å². The Balaban J connectivity index is 1.45. The molecule has 2 N–H and O–H groups in total. The molecule has 1 aliphatic heterocycles. The Bertz CT molecular complexity index is 906. The number of epoxide rings is 1. The van der Waals surface area contributed by atoms with Gasteiger partial charge in [0, 0.05) is 34.7 Å². The fraction of sp³-hybridized carbons (Fsp3) is 0.857. The van der Waals surface area contributed by atoms with Gasteiger partial charge in [0.05, 0.1) is 6.10 Å². The van der Waals surface area contributed by atoms with Crippen molar-refractivity contribution in [2.24, 2.45) is 40.4 Å². The number of hydrogen-bond acceptors (Lipinski definition) is 5. The lowest BCUT2D eigenvalue weighted by atomic mass is 9.50. The van der Waals surface area contributed by atoms with Crippen molar-refractivity contribution in [3.8, 4) is 0 Å². The summed E-state index contributed by atoms with van der Waals surface area (Å²) in [6, 6.07) is 0. The van der Waals surface area contributed by atoms with Gasteiger partial charge in [0.1, 0.15) is 23.6 Å². The van der Waals surface area contributed by atoms with Gasteiger partial charge in [0.25, 0.3) is 0 Å². The highest BCUT2D eigenvalue weighted by atomic mass is 16.6. The number of rotatable bonds is 4. The first-order valence-corrected chi connectivity index (χ1v) is 13.2. The van der Waals surface area contributed by atoms with Crippen LogP contribution in [-0.2, 0) is 14.3 Å². The fourth-order valence-electron chi connectivity index (χ4n) is 8.47. The lowest BCUT2D eigenvalue weighted by Gasteiger charge is -2.52. The van der Waals surface area contributed by atoms with E-state index >= 15 is 0 Å². The molecule has 0 aromatic heterocycles. The molecule has 5 nitrogen and oxygen atoms in total. The molecule has 2 saturated carbocycles. The van der Waals surface area contributed by atoms with Gasteiger partial charge in [-0.2, -0.15) is 0 Å². The van der Waals surface area contributed by atoms with Crippen LogP contribution in [0.2, 0.25) is 0 Å². The lowest BCUT2D eigenvalue weighted by Crippen LogP contribution is -2.56. The molecule has 1 heterocycles. The first-order valence-electron chi connectivity index (χ1n) is 13.2. The number of ketones is 2. The van der Waals surface area contributed by atoms with Gasteiger partial charge >= 0.3 is 0 Å². The van der Waals surface area contributed by atoms with Crippen molar-refractivity contribution in [2.45, 2.75) is 110 Å². The molecule has 3 fully saturated rings. The highest BCUT2D eigenvalue weighted by Crippen LogP contribution is 2.69. The number of hydrogen-bond donors (Lipinski definition) is 2. The summed E-state index contributed by atoms with van der Waals surface area (Å²) in [5.74, 6) is 1.18. The third-order valence-electron chi connectivity index (χ3n) is 11.1. The van der Waals surface area contributed by atoms with Gasteiger partial charge in [0.2, 0.25) is 0 Å². The van der Waals surface area contributed by atoms with E-state index in [1.165, 1.54) is 0 Å². The second kappa shape index (κ2) is 7.48. The Morgan fingerprint density at radius 2 is 1.79 bits per heavy atom. The molecule has 0 unspecified atom stereocenters. The zero-order chi connectivity index (χ0) is 24.1. The first-order chi connectivity index (χ1) is 15.4. The Labute approximate surface area is 198 Å². The maximum atomic E-state index is 14.2. The quantitative estimate of drug-likeness (QED) is 0.616. The molecule has 10 atom stereocenters. The Kier molecular flexibility index (Phi) is 5.37. The molecule has 1 saturated heterocycles. The molecule has 0 bridgehead atoms. The second-order valence-electron chi connectivity index (χ2n) is 12.8. The van der Waals surface area contributed by atoms with Gasteiger partial charge in [-0.3, -0.25) is 9.59 Å². The van der Waals surface area contributed by atoms with Gasteiger partial charge in [-0.05, 0) is 56.3 Å². The third-order valence-corrected chi connectivity index (χ3v) is 11.1. The maximum Gasteiger partial charge on any atom is 0.167 e. The van der Waals surface area contributed by atoms with Crippen LogP contribution in [-0.4, -0.2) is 45.7 Å². The van der Waals surface area contributed by atoms with Crippen LogP contribution in [0.4, 0.5) is 0 Å². The smallest absolute Gasteiger partial charge is 0.167 e. The molecule has 5 rings (SSSR count). The SMILES string of the molecule is CC(C)[C@@H](C)C(=O)[C@H]1CC[C@@H]([C@@]2(C)CCC3=C(C2=O)[C@H](O)[C@@H]2O[C@@]24C[C@@H](O)CC[C@@]34C)[C@@H]1C. The van der Waals surface area contributed by atoms with Crippen LogP contribution < -0.4 is 0 Å². The molecular weight excluding hydrogens is 416 g/mol. The largest absolute Gasteiger partial charge is 0.393 e. The summed E-state index contributed by atoms with van der Waals surface area (Å²) in [6.45, 7) is 12.7. The topological polar surface area (TPSA) is 87.1 Å². The molecule has 0 aromatic rings. The Morgan fingerprint density at radius 1 is 1.09 bits per heavy atom. The number of carbonyl (C=O) groups excluding carboxylic acids is 2. The monoisotopic (exact) mass is 458 g/mol. The molecule has 5 heteroatoms. The highest BCUT2D eigenvalue weighted by molar-refractivity contribution is 6.03. The maximum absolute atomic E-state index is 14.2. The average Bonchev–Trinajstić information content (AvgIpc) is 3.36. The van der Waals surface area contributed by atoms with E-state index in [1.807, 2.05) is 6.92 Å². The van der Waals surface area contributed by atoms with E-state index in [0.29, 0.717) is 30.1 Å². The first kappa shape index (κ1) is 23.7. The van der Waals surface area contributed by atoms with Gasteiger partial charge in [-0.25, -0.2) is 0 Å². The second-order valence-corrected chi connectivity index (χ2v) is 12.8. The van der Waals surface area contributed by atoms with Gasteiger partial charge in [0.15, 0.2) is 5.78 Å². The highest BCUT2D eigenvalue weighted by Gasteiger charge is 2.76. The number of Topliss-reactive ketones (excluding diaryl/α,β-unsaturated/α-hetero) is 2. The molecule has 0 radical (unpaired) electrons. The summed E-state index contributed by atoms with van der Waals surface area (Å²) in [6.07, 6.45) is 3.70. The van der Waals surface area contributed by atoms with E-state index in [0.717, 1.165) is 37.7 Å². The normalized spacial score (nSPS) is 50.0. The minimum atomic E-state index is -0.902. The fourth-order valence-corrected chi connectivity index (χ4v) is 8.47. The molecule has 0 aromatic carbocycles. The number of aliphatic hydroxyl groups excluding tert-OH is 2. The van der Waals surface area contributed by atoms with E-state index in [-0.39, 0.29) is 41.0 Å². The molecule has 33 heavy (non-hydrogen) atoms. The van der Waals surface area contributed by atoms with E-state index in [4.69, 9.17) is 4.74 Å². The molecule has 0 amide bonds. The minimum Gasteiger partial charge on any atom is -0.393 e. The molecule has 4 aliphatic carbocycles. The lowest BCUT2D eigenvalue weighted by molar-refractivity contribution is -0.134. The summed E-state index contributed by atoms with van der Waals surface area (Å²) >= 11 is 0. The minimum absolute atomic E-state index is 0.0282. The summed E-state index contributed by atoms with van der Waals surface area (Å²) < 4.78 is 6.16. The Hall–Kier alpha value is -1.04. The zero-order valence-electron chi connectivity index (χ0n) is 21.2. The summed E-state index contributed by atoms with van der Waals surface area (Å²) in [5, 5.41) is 21.6. The molecule has 1 spiro atoms. The van der Waals surface area contributed by atoms with Crippen LogP contribution in [0.3, 0.4) is 0 Å². The average molecular weight is 459 g/mol. The molecular formula is C28H42O5. The third kappa shape index (κ3) is 3.00. The van der Waals surface area contributed by atoms with Crippen molar-refractivity contribution < 1.29 is 24.5 Å². The van der Waals surface area contributed by atoms with Crippen molar-refractivity contribution in [1.29, 1.82) is 0 Å². The zero-order valence-corrected chi connectivity index (χ0v) is 21.2. The van der Waals surface area contributed by atoms with E-state index < -0.39 is 23.2 Å². The van der Waals surface area contributed by atoms with E-state index in [2.05, 4.69) is 34.6 Å². The van der Waals surface area contributed by atoms with Crippen LogP contribution in [0.15, 0.2) is 11.1 Å². The number of aliphatic hydroxyl groups is 2. The van der Waals surface area contributed by atoms with Crippen LogP contribution in [0, 0.1) is 40.4 Å². The summed E-state index contributed by atoms with van der Waals surface area (Å²) in [7, 11) is 0. The standard InChI is InChI=1S/C28H42O5/c1-14(2)15(3)22(30)18-7-8-19(16(18)4)26(5)11-10-20-21(24(26)32)23(31)25-28(33-25)13-17(29)9-12-27(20,28)6/h14-19,23,25,29,31H,7-13H2,1-6H3/t15-,16-,17+,18+,19-,23+,25+,26-,27+,28+/m1/s1. The van der Waals surface area contributed by atoms with Crippen molar-refractivity contribution in [3.05, 3.63) is 11.1 Å². The predicted molar refractivity (Wildman–Crippen MR) is 125 cm³/mol. The summed E-state index contributed by atoms with van der Waals surface area (Å²) in [4.78, 5) is 27.4.